The van der Waals surface area contributed by atoms with Crippen molar-refractivity contribution in [3.63, 3.8) is 0 Å². The maximum atomic E-state index is 11.2. The molecular formula is C10H11N3O. The van der Waals surface area contributed by atoms with Crippen LogP contribution >= 0.6 is 0 Å². The van der Waals surface area contributed by atoms with Crippen LogP contribution in [0, 0.1) is 13.8 Å². The van der Waals surface area contributed by atoms with Crippen molar-refractivity contribution in [2.45, 2.75) is 13.8 Å². The summed E-state index contributed by atoms with van der Waals surface area (Å²) in [7, 11) is 0. The number of pyridine rings is 2. The van der Waals surface area contributed by atoms with E-state index >= 15 is 0 Å². The van der Waals surface area contributed by atoms with Crippen molar-refractivity contribution in [3.8, 4) is 0 Å². The van der Waals surface area contributed by atoms with Gasteiger partial charge in [0.05, 0.1) is 0 Å². The van der Waals surface area contributed by atoms with Crippen molar-refractivity contribution in [3.05, 3.63) is 33.6 Å². The number of hydrogen-bond donors (Lipinski definition) is 2. The first-order chi connectivity index (χ1) is 6.58. The van der Waals surface area contributed by atoms with Gasteiger partial charge in [-0.3, -0.25) is 4.79 Å². The number of aromatic amines is 1. The van der Waals surface area contributed by atoms with Crippen LogP contribution in [0.5, 0.6) is 0 Å². The number of anilines is 1. The van der Waals surface area contributed by atoms with Gasteiger partial charge in [0.15, 0.2) is 0 Å². The van der Waals surface area contributed by atoms with Crippen LogP contribution in [0.2, 0.25) is 0 Å². The number of nitrogen functional groups attached to an aromatic ring is 1. The number of nitrogens with two attached hydrogens (primary N) is 1. The van der Waals surface area contributed by atoms with Gasteiger partial charge in [-0.25, -0.2) is 4.98 Å². The molecule has 4 nitrogen and oxygen atoms in total. The first kappa shape index (κ1) is 8.74. The fourth-order valence-corrected chi connectivity index (χ4v) is 1.71. The number of rotatable bonds is 0. The van der Waals surface area contributed by atoms with Gasteiger partial charge in [0.1, 0.15) is 11.5 Å². The molecule has 0 bridgehead atoms. The summed E-state index contributed by atoms with van der Waals surface area (Å²) in [5.74, 6) is 0.427. The molecule has 0 saturated carbocycles. The Morgan fingerprint density at radius 2 is 1.93 bits per heavy atom. The molecule has 0 atom stereocenters. The van der Waals surface area contributed by atoms with Gasteiger partial charge in [-0.1, -0.05) is 0 Å². The van der Waals surface area contributed by atoms with Gasteiger partial charge < -0.3 is 10.7 Å². The van der Waals surface area contributed by atoms with Gasteiger partial charge in [-0.05, 0) is 31.0 Å². The lowest BCUT2D eigenvalue weighted by molar-refractivity contribution is 1.21. The van der Waals surface area contributed by atoms with E-state index in [0.717, 1.165) is 16.5 Å². The summed E-state index contributed by atoms with van der Waals surface area (Å²) < 4.78 is 0. The van der Waals surface area contributed by atoms with Gasteiger partial charge >= 0.3 is 0 Å². The number of aromatic nitrogens is 2. The van der Waals surface area contributed by atoms with Crippen LogP contribution in [0.15, 0.2) is 16.9 Å². The quantitative estimate of drug-likeness (QED) is 0.652. The molecule has 0 aliphatic carbocycles. The third kappa shape index (κ3) is 1.25. The summed E-state index contributed by atoms with van der Waals surface area (Å²) in [5, 5.41) is 0.971. The van der Waals surface area contributed by atoms with E-state index in [2.05, 4.69) is 9.97 Å². The molecule has 2 heterocycles. The minimum atomic E-state index is -0.146. The number of hydrogen-bond acceptors (Lipinski definition) is 3. The Labute approximate surface area is 80.8 Å². The van der Waals surface area contributed by atoms with Crippen molar-refractivity contribution < 1.29 is 0 Å². The monoisotopic (exact) mass is 189 g/mol. The van der Waals surface area contributed by atoms with Crippen molar-refractivity contribution in [1.29, 1.82) is 0 Å². The zero-order valence-electron chi connectivity index (χ0n) is 8.09. The smallest absolute Gasteiger partial charge is 0.249 e. The third-order valence-electron chi connectivity index (χ3n) is 2.22. The molecule has 0 unspecified atom stereocenters. The second kappa shape index (κ2) is 2.83. The van der Waals surface area contributed by atoms with Crippen LogP contribution in [0.3, 0.4) is 0 Å². The first-order valence-corrected chi connectivity index (χ1v) is 4.34. The minimum Gasteiger partial charge on any atom is -0.384 e. The van der Waals surface area contributed by atoms with Gasteiger partial charge in [0.2, 0.25) is 5.56 Å². The van der Waals surface area contributed by atoms with Gasteiger partial charge in [0, 0.05) is 11.5 Å². The van der Waals surface area contributed by atoms with Gasteiger partial charge in [-0.15, -0.1) is 0 Å². The Morgan fingerprint density at radius 1 is 1.29 bits per heavy atom. The predicted octanol–water partition coefficient (Wildman–Crippen LogP) is 1.12. The summed E-state index contributed by atoms with van der Waals surface area (Å²) in [6, 6.07) is 3.36. The maximum Gasteiger partial charge on any atom is 0.249 e. The van der Waals surface area contributed by atoms with Crippen molar-refractivity contribution >= 4 is 16.9 Å². The molecule has 14 heavy (non-hydrogen) atoms. The number of nitrogens with zero attached hydrogens (tertiary/aromatic N) is 1. The van der Waals surface area contributed by atoms with Crippen molar-refractivity contribution in [1.82, 2.24) is 9.97 Å². The Hall–Kier alpha value is -1.84. The normalized spacial score (nSPS) is 10.7. The van der Waals surface area contributed by atoms with Crippen LogP contribution in [0.1, 0.15) is 11.1 Å². The highest BCUT2D eigenvalue weighted by atomic mass is 16.1. The van der Waals surface area contributed by atoms with Crippen LogP contribution < -0.4 is 11.3 Å². The fraction of sp³-hybridized carbons (Fsp3) is 0.200. The van der Waals surface area contributed by atoms with E-state index in [0.29, 0.717) is 11.5 Å². The summed E-state index contributed by atoms with van der Waals surface area (Å²) in [6.07, 6.45) is 0. The molecule has 72 valence electrons. The highest BCUT2D eigenvalue weighted by molar-refractivity contribution is 5.83. The molecule has 0 aliphatic heterocycles. The molecule has 2 aromatic rings. The SMILES string of the molecule is Cc1cc(N)nc2[nH]c(=O)cc(C)c12. The Kier molecular flexibility index (Phi) is 1.77. The average Bonchev–Trinajstić information content (AvgIpc) is 1.99. The molecule has 0 spiro atoms. The average molecular weight is 189 g/mol. The van der Waals surface area contributed by atoms with Crippen molar-refractivity contribution in [2.75, 3.05) is 5.73 Å². The maximum absolute atomic E-state index is 11.2. The van der Waals surface area contributed by atoms with Gasteiger partial charge in [-0.2, -0.15) is 0 Å². The number of aryl methyl sites for hydroxylation is 2. The topological polar surface area (TPSA) is 71.8 Å². The molecule has 2 aromatic heterocycles. The Bertz CT molecular complexity index is 557. The number of H-pyrrole nitrogens is 1. The van der Waals surface area contributed by atoms with E-state index in [4.69, 9.17) is 5.73 Å². The minimum absolute atomic E-state index is 0.146. The lowest BCUT2D eigenvalue weighted by Crippen LogP contribution is -2.07. The lowest BCUT2D eigenvalue weighted by Gasteiger charge is -2.05. The summed E-state index contributed by atoms with van der Waals surface area (Å²) in [6.45, 7) is 3.84. The molecule has 0 radical (unpaired) electrons. The zero-order chi connectivity index (χ0) is 10.3. The number of fused-ring (bicyclic) bond motifs is 1. The van der Waals surface area contributed by atoms with E-state index in [1.807, 2.05) is 13.8 Å². The second-order valence-corrected chi connectivity index (χ2v) is 3.40. The van der Waals surface area contributed by atoms with Crippen LogP contribution in [0.25, 0.3) is 11.0 Å². The highest BCUT2D eigenvalue weighted by Crippen LogP contribution is 2.18. The Balaban J connectivity index is 3.01. The molecule has 4 heteroatoms. The van der Waals surface area contributed by atoms with Crippen molar-refractivity contribution in [2.24, 2.45) is 0 Å². The molecule has 0 fully saturated rings. The lowest BCUT2D eigenvalue weighted by atomic mass is 10.1. The van der Waals surface area contributed by atoms with Crippen LogP contribution in [-0.4, -0.2) is 9.97 Å². The summed E-state index contributed by atoms with van der Waals surface area (Å²) in [5.41, 5.74) is 7.96. The van der Waals surface area contributed by atoms with E-state index in [9.17, 15) is 4.79 Å². The molecule has 2 rings (SSSR count). The van der Waals surface area contributed by atoms with E-state index in [-0.39, 0.29) is 5.56 Å². The predicted molar refractivity (Wildman–Crippen MR) is 56.3 cm³/mol. The zero-order valence-corrected chi connectivity index (χ0v) is 8.09. The number of nitrogens with one attached hydrogen (secondary N) is 1. The first-order valence-electron chi connectivity index (χ1n) is 4.34. The van der Waals surface area contributed by atoms with Crippen LogP contribution in [-0.2, 0) is 0 Å². The highest BCUT2D eigenvalue weighted by Gasteiger charge is 2.04. The largest absolute Gasteiger partial charge is 0.384 e. The van der Waals surface area contributed by atoms with Crippen LogP contribution in [0.4, 0.5) is 5.82 Å². The van der Waals surface area contributed by atoms with E-state index < -0.39 is 0 Å². The van der Waals surface area contributed by atoms with E-state index in [1.54, 1.807) is 12.1 Å². The summed E-state index contributed by atoms with van der Waals surface area (Å²) >= 11 is 0. The molecule has 0 aromatic carbocycles. The second-order valence-electron chi connectivity index (χ2n) is 3.40. The molecule has 0 aliphatic rings. The molecular weight excluding hydrogens is 178 g/mol. The molecule has 0 amide bonds. The molecule has 3 N–H and O–H groups in total. The van der Waals surface area contributed by atoms with Gasteiger partial charge in [0.25, 0.3) is 0 Å². The fourth-order valence-electron chi connectivity index (χ4n) is 1.71. The Morgan fingerprint density at radius 3 is 2.64 bits per heavy atom. The molecule has 0 saturated heterocycles. The van der Waals surface area contributed by atoms with E-state index in [1.165, 1.54) is 0 Å². The summed E-state index contributed by atoms with van der Waals surface area (Å²) in [4.78, 5) is 17.9. The standard InChI is InChI=1S/C10H11N3O/c1-5-3-7(11)12-10-9(5)6(2)4-8(14)13-10/h3-4H,1-2H3,(H3,11,12,13,14). The third-order valence-corrected chi connectivity index (χ3v) is 2.22.